The average Bonchev–Trinajstić information content (AvgIpc) is 2.84. The lowest BCUT2D eigenvalue weighted by molar-refractivity contribution is 0.102. The van der Waals surface area contributed by atoms with Gasteiger partial charge in [0.1, 0.15) is 17.6 Å². The Kier molecular flexibility index (Phi) is 7.07. The average molecular weight is 481 g/mol. The summed E-state index contributed by atoms with van der Waals surface area (Å²) in [5.74, 6) is 0.973. The SMILES string of the molecule is CCCCOc1ccc(C(=O)Nc2ccc(S(=O)(=O)N3C[C@H](C)Oc4ccccc43)cc2)cc1. The molecule has 34 heavy (non-hydrogen) atoms. The molecule has 7 nitrogen and oxygen atoms in total. The molecule has 1 heterocycles. The van der Waals surface area contributed by atoms with Gasteiger partial charge >= 0.3 is 0 Å². The van der Waals surface area contributed by atoms with Crippen LogP contribution in [0.3, 0.4) is 0 Å². The van der Waals surface area contributed by atoms with Crippen molar-refractivity contribution in [3.63, 3.8) is 0 Å². The molecule has 0 spiro atoms. The Morgan fingerprint density at radius 3 is 2.47 bits per heavy atom. The molecule has 1 amide bonds. The zero-order chi connectivity index (χ0) is 24.1. The summed E-state index contributed by atoms with van der Waals surface area (Å²) in [4.78, 5) is 12.7. The van der Waals surface area contributed by atoms with Gasteiger partial charge in [0.15, 0.2) is 0 Å². The summed E-state index contributed by atoms with van der Waals surface area (Å²) >= 11 is 0. The van der Waals surface area contributed by atoms with Gasteiger partial charge in [-0.2, -0.15) is 0 Å². The number of nitrogens with zero attached hydrogens (tertiary/aromatic N) is 1. The maximum Gasteiger partial charge on any atom is 0.264 e. The second-order valence-corrected chi connectivity index (χ2v) is 10.00. The van der Waals surface area contributed by atoms with E-state index in [-0.39, 0.29) is 23.5 Å². The molecule has 3 aromatic rings. The number of hydrogen-bond acceptors (Lipinski definition) is 5. The molecule has 1 aliphatic rings. The third-order valence-corrected chi connectivity index (χ3v) is 7.26. The molecule has 4 rings (SSSR count). The predicted molar refractivity (Wildman–Crippen MR) is 132 cm³/mol. The van der Waals surface area contributed by atoms with Gasteiger partial charge in [-0.15, -0.1) is 0 Å². The van der Waals surface area contributed by atoms with Crippen LogP contribution < -0.4 is 19.1 Å². The van der Waals surface area contributed by atoms with Gasteiger partial charge in [-0.3, -0.25) is 9.10 Å². The summed E-state index contributed by atoms with van der Waals surface area (Å²) in [5.41, 5.74) is 1.50. The third-order valence-electron chi connectivity index (χ3n) is 5.47. The topological polar surface area (TPSA) is 84.9 Å². The van der Waals surface area contributed by atoms with Crippen LogP contribution in [-0.4, -0.2) is 33.6 Å². The van der Waals surface area contributed by atoms with Crippen molar-refractivity contribution in [1.29, 1.82) is 0 Å². The van der Waals surface area contributed by atoms with E-state index >= 15 is 0 Å². The Morgan fingerprint density at radius 1 is 1.06 bits per heavy atom. The number of fused-ring (bicyclic) bond motifs is 1. The highest BCUT2D eigenvalue weighted by molar-refractivity contribution is 7.92. The summed E-state index contributed by atoms with van der Waals surface area (Å²) in [5, 5.41) is 2.80. The second kappa shape index (κ2) is 10.2. The number of sulfonamides is 1. The predicted octanol–water partition coefficient (Wildman–Crippen LogP) is 5.09. The molecule has 0 aliphatic carbocycles. The van der Waals surface area contributed by atoms with Gasteiger partial charge < -0.3 is 14.8 Å². The number of unbranched alkanes of at least 4 members (excludes halogenated alkanes) is 1. The first-order valence-corrected chi connectivity index (χ1v) is 12.7. The minimum Gasteiger partial charge on any atom is -0.494 e. The molecule has 0 fully saturated rings. The third kappa shape index (κ3) is 5.17. The first-order valence-electron chi connectivity index (χ1n) is 11.3. The summed E-state index contributed by atoms with van der Waals surface area (Å²) in [6, 6.07) is 20.2. The molecule has 1 aliphatic heterocycles. The number of para-hydroxylation sites is 2. The van der Waals surface area contributed by atoms with Gasteiger partial charge in [0, 0.05) is 11.3 Å². The summed E-state index contributed by atoms with van der Waals surface area (Å²) in [6.45, 7) is 4.80. The van der Waals surface area contributed by atoms with Crippen LogP contribution in [0.15, 0.2) is 77.7 Å². The number of hydrogen-bond donors (Lipinski definition) is 1. The van der Waals surface area contributed by atoms with E-state index in [1.165, 1.54) is 16.4 Å². The van der Waals surface area contributed by atoms with Gasteiger partial charge in [0.25, 0.3) is 15.9 Å². The molecule has 0 saturated carbocycles. The van der Waals surface area contributed by atoms with E-state index in [4.69, 9.17) is 9.47 Å². The van der Waals surface area contributed by atoms with Crippen molar-refractivity contribution >= 4 is 27.3 Å². The summed E-state index contributed by atoms with van der Waals surface area (Å²) in [7, 11) is -3.79. The van der Waals surface area contributed by atoms with Crippen LogP contribution in [-0.2, 0) is 10.0 Å². The van der Waals surface area contributed by atoms with Gasteiger partial charge in [0.2, 0.25) is 0 Å². The van der Waals surface area contributed by atoms with Gasteiger partial charge in [0.05, 0.1) is 23.7 Å². The Balaban J connectivity index is 1.45. The van der Waals surface area contributed by atoms with E-state index in [0.29, 0.717) is 29.3 Å². The van der Waals surface area contributed by atoms with Crippen molar-refractivity contribution < 1.29 is 22.7 Å². The maximum absolute atomic E-state index is 13.3. The number of rotatable bonds is 8. The molecule has 0 radical (unpaired) electrons. The van der Waals surface area contributed by atoms with E-state index in [9.17, 15) is 13.2 Å². The minimum atomic E-state index is -3.79. The molecule has 178 valence electrons. The highest BCUT2D eigenvalue weighted by Crippen LogP contribution is 2.36. The highest BCUT2D eigenvalue weighted by Gasteiger charge is 2.32. The zero-order valence-corrected chi connectivity index (χ0v) is 20.0. The lowest BCUT2D eigenvalue weighted by atomic mass is 10.2. The minimum absolute atomic E-state index is 0.142. The molecule has 0 aromatic heterocycles. The number of benzene rings is 3. The molecule has 0 bridgehead atoms. The van der Waals surface area contributed by atoms with Crippen molar-refractivity contribution in [1.82, 2.24) is 0 Å². The lowest BCUT2D eigenvalue weighted by Gasteiger charge is -2.34. The summed E-state index contributed by atoms with van der Waals surface area (Å²) in [6.07, 6.45) is 1.76. The molecular formula is C26H28N2O5S. The standard InChI is InChI=1S/C26H28N2O5S/c1-3-4-17-32-22-13-9-20(10-14-22)26(29)27-21-11-15-23(16-12-21)34(30,31)28-18-19(2)33-25-8-6-5-7-24(25)28/h5-16,19H,3-4,17-18H2,1-2H3,(H,27,29)/t19-/m0/s1. The first kappa shape index (κ1) is 23.6. The van der Waals surface area contributed by atoms with Gasteiger partial charge in [-0.25, -0.2) is 8.42 Å². The molecule has 8 heteroatoms. The fourth-order valence-electron chi connectivity index (χ4n) is 3.65. The normalized spacial score (nSPS) is 15.2. The Morgan fingerprint density at radius 2 is 1.76 bits per heavy atom. The highest BCUT2D eigenvalue weighted by atomic mass is 32.2. The number of amides is 1. The number of carbonyl (C=O) groups excluding carboxylic acids is 1. The van der Waals surface area contributed by atoms with Crippen LogP contribution in [0.4, 0.5) is 11.4 Å². The molecule has 3 aromatic carbocycles. The smallest absolute Gasteiger partial charge is 0.264 e. The molecule has 0 saturated heterocycles. The van der Waals surface area contributed by atoms with E-state index in [0.717, 1.165) is 18.6 Å². The summed E-state index contributed by atoms with van der Waals surface area (Å²) < 4.78 is 39.5. The van der Waals surface area contributed by atoms with Crippen LogP contribution in [0.1, 0.15) is 37.0 Å². The van der Waals surface area contributed by atoms with Crippen LogP contribution in [0, 0.1) is 0 Å². The Labute approximate surface area is 200 Å². The molecule has 0 unspecified atom stereocenters. The lowest BCUT2D eigenvalue weighted by Crippen LogP contribution is -2.42. The van der Waals surface area contributed by atoms with Crippen molar-refractivity contribution in [3.8, 4) is 11.5 Å². The Hall–Kier alpha value is -3.52. The molecular weight excluding hydrogens is 452 g/mol. The fourth-order valence-corrected chi connectivity index (χ4v) is 5.20. The van der Waals surface area contributed by atoms with E-state index in [1.807, 2.05) is 13.0 Å². The number of anilines is 2. The molecule has 1 atom stereocenters. The van der Waals surface area contributed by atoms with Crippen molar-refractivity contribution in [2.75, 3.05) is 22.8 Å². The van der Waals surface area contributed by atoms with Crippen LogP contribution in [0.2, 0.25) is 0 Å². The monoisotopic (exact) mass is 480 g/mol. The van der Waals surface area contributed by atoms with Crippen LogP contribution in [0.25, 0.3) is 0 Å². The van der Waals surface area contributed by atoms with Gasteiger partial charge in [-0.1, -0.05) is 25.5 Å². The van der Waals surface area contributed by atoms with E-state index in [1.54, 1.807) is 54.6 Å². The largest absolute Gasteiger partial charge is 0.494 e. The number of carbonyl (C=O) groups is 1. The quantitative estimate of drug-likeness (QED) is 0.454. The fraction of sp³-hybridized carbons (Fsp3) is 0.269. The maximum atomic E-state index is 13.3. The van der Waals surface area contributed by atoms with E-state index in [2.05, 4.69) is 12.2 Å². The second-order valence-electron chi connectivity index (χ2n) is 8.14. The van der Waals surface area contributed by atoms with Crippen molar-refractivity contribution in [3.05, 3.63) is 78.4 Å². The van der Waals surface area contributed by atoms with Crippen LogP contribution in [0.5, 0.6) is 11.5 Å². The van der Waals surface area contributed by atoms with E-state index < -0.39 is 10.0 Å². The Bertz CT molecular complexity index is 1240. The van der Waals surface area contributed by atoms with Crippen molar-refractivity contribution in [2.45, 2.75) is 37.7 Å². The molecule has 1 N–H and O–H groups in total. The number of ether oxygens (including phenoxy) is 2. The van der Waals surface area contributed by atoms with Crippen LogP contribution >= 0.6 is 0 Å². The first-order chi connectivity index (χ1) is 16.4. The van der Waals surface area contributed by atoms with Gasteiger partial charge in [-0.05, 0) is 74.0 Å². The number of nitrogens with one attached hydrogen (secondary N) is 1. The van der Waals surface area contributed by atoms with Crippen molar-refractivity contribution in [2.24, 2.45) is 0 Å². The zero-order valence-electron chi connectivity index (χ0n) is 19.2.